The maximum atomic E-state index is 8.95. The summed E-state index contributed by atoms with van der Waals surface area (Å²) in [6.45, 7) is 5.30. The van der Waals surface area contributed by atoms with E-state index >= 15 is 0 Å². The lowest BCUT2D eigenvalue weighted by Gasteiger charge is -2.05. The molecule has 0 heterocycles. The fraction of sp³-hybridized carbons (Fsp3) is 1.00. The van der Waals surface area contributed by atoms with Crippen molar-refractivity contribution in [3.05, 3.63) is 0 Å². The maximum absolute atomic E-state index is 8.95. The lowest BCUT2D eigenvalue weighted by molar-refractivity contribution is 0.0445. The van der Waals surface area contributed by atoms with Crippen molar-refractivity contribution in [3.63, 3.8) is 0 Å². The quantitative estimate of drug-likeness (QED) is 0.535. The van der Waals surface area contributed by atoms with Gasteiger partial charge >= 0.3 is 0 Å². The number of aliphatic hydroxyl groups excluding tert-OH is 1. The molecule has 0 spiro atoms. The summed E-state index contributed by atoms with van der Waals surface area (Å²) in [5, 5.41) is 8.95. The molecule has 0 fully saturated rings. The van der Waals surface area contributed by atoms with Crippen LogP contribution in [-0.4, -0.2) is 24.4 Å². The Bertz CT molecular complexity index is 113. The number of ether oxygens (including phenoxy) is 1. The highest BCUT2D eigenvalue weighted by atomic mass is 16.5. The van der Waals surface area contributed by atoms with Crippen LogP contribution in [0.25, 0.3) is 0 Å². The summed E-state index contributed by atoms with van der Waals surface area (Å²) in [5.41, 5.74) is 0. The Labute approximate surface area is 95.0 Å². The number of hydrogen-bond acceptors (Lipinski definition) is 2. The molecule has 0 aliphatic carbocycles. The highest BCUT2D eigenvalue weighted by Gasteiger charge is 1.95. The van der Waals surface area contributed by atoms with Gasteiger partial charge in [0.1, 0.15) is 0 Å². The average molecular weight is 216 g/mol. The maximum Gasteiger partial charge on any atom is 0.0745 e. The van der Waals surface area contributed by atoms with Gasteiger partial charge < -0.3 is 9.84 Å². The third kappa shape index (κ3) is 13.9. The fourth-order valence-electron chi connectivity index (χ4n) is 1.59. The zero-order chi connectivity index (χ0) is 11.4. The van der Waals surface area contributed by atoms with Gasteiger partial charge in [-0.05, 0) is 13.3 Å². The van der Waals surface area contributed by atoms with E-state index in [1.54, 1.807) is 6.92 Å². The van der Waals surface area contributed by atoms with E-state index in [9.17, 15) is 0 Å². The molecule has 2 heteroatoms. The second-order valence-corrected chi connectivity index (χ2v) is 4.40. The number of unbranched alkanes of at least 4 members (excludes halogenated alkanes) is 7. The van der Waals surface area contributed by atoms with Gasteiger partial charge in [0, 0.05) is 6.61 Å². The van der Waals surface area contributed by atoms with Crippen molar-refractivity contribution in [2.45, 2.75) is 71.3 Å². The molecule has 0 amide bonds. The SMILES string of the molecule is CCCCCCCCCCOC[C@H](C)O. The molecule has 0 bridgehead atoms. The van der Waals surface area contributed by atoms with Crippen molar-refractivity contribution < 1.29 is 9.84 Å². The monoisotopic (exact) mass is 216 g/mol. The van der Waals surface area contributed by atoms with Gasteiger partial charge in [0.25, 0.3) is 0 Å². The minimum Gasteiger partial charge on any atom is -0.391 e. The van der Waals surface area contributed by atoms with E-state index in [2.05, 4.69) is 6.92 Å². The van der Waals surface area contributed by atoms with Crippen LogP contribution in [0.15, 0.2) is 0 Å². The van der Waals surface area contributed by atoms with E-state index < -0.39 is 0 Å². The lowest BCUT2D eigenvalue weighted by atomic mass is 10.1. The molecule has 0 aromatic rings. The Hall–Kier alpha value is -0.0800. The van der Waals surface area contributed by atoms with Gasteiger partial charge in [0.2, 0.25) is 0 Å². The molecule has 1 N–H and O–H groups in total. The second-order valence-electron chi connectivity index (χ2n) is 4.40. The largest absolute Gasteiger partial charge is 0.391 e. The van der Waals surface area contributed by atoms with Crippen LogP contribution in [0.1, 0.15) is 65.2 Å². The summed E-state index contributed by atoms with van der Waals surface area (Å²) in [6, 6.07) is 0. The third-order valence-electron chi connectivity index (χ3n) is 2.50. The van der Waals surface area contributed by atoms with Gasteiger partial charge in [-0.3, -0.25) is 0 Å². The van der Waals surface area contributed by atoms with Gasteiger partial charge in [0.15, 0.2) is 0 Å². The molecule has 0 aromatic carbocycles. The molecule has 0 saturated heterocycles. The van der Waals surface area contributed by atoms with Crippen molar-refractivity contribution in [3.8, 4) is 0 Å². The van der Waals surface area contributed by atoms with Crippen molar-refractivity contribution >= 4 is 0 Å². The van der Waals surface area contributed by atoms with Crippen LogP contribution in [0, 0.1) is 0 Å². The molecule has 0 aliphatic rings. The smallest absolute Gasteiger partial charge is 0.0745 e. The van der Waals surface area contributed by atoms with E-state index in [0.29, 0.717) is 6.61 Å². The number of aliphatic hydroxyl groups is 1. The summed E-state index contributed by atoms with van der Waals surface area (Å²) in [5.74, 6) is 0. The van der Waals surface area contributed by atoms with Crippen LogP contribution in [0.4, 0.5) is 0 Å². The number of hydrogen-bond donors (Lipinski definition) is 1. The topological polar surface area (TPSA) is 29.5 Å². The third-order valence-corrected chi connectivity index (χ3v) is 2.50. The van der Waals surface area contributed by atoms with Gasteiger partial charge in [-0.1, -0.05) is 51.9 Å². The Morgan fingerprint density at radius 2 is 1.47 bits per heavy atom. The molecule has 0 radical (unpaired) electrons. The molecule has 0 saturated carbocycles. The highest BCUT2D eigenvalue weighted by Crippen LogP contribution is 2.08. The van der Waals surface area contributed by atoms with Crippen LogP contribution in [0.5, 0.6) is 0 Å². The second kappa shape index (κ2) is 12.0. The first-order valence-electron chi connectivity index (χ1n) is 6.53. The van der Waals surface area contributed by atoms with Crippen LogP contribution < -0.4 is 0 Å². The molecule has 0 aliphatic heterocycles. The lowest BCUT2D eigenvalue weighted by Crippen LogP contribution is -2.10. The summed E-state index contributed by atoms with van der Waals surface area (Å²) in [7, 11) is 0. The molecule has 92 valence electrons. The fourth-order valence-corrected chi connectivity index (χ4v) is 1.59. The van der Waals surface area contributed by atoms with Gasteiger partial charge in [-0.15, -0.1) is 0 Å². The number of rotatable bonds is 11. The predicted molar refractivity (Wildman–Crippen MR) is 65.1 cm³/mol. The van der Waals surface area contributed by atoms with Crippen LogP contribution in [-0.2, 0) is 4.74 Å². The van der Waals surface area contributed by atoms with Gasteiger partial charge in [-0.2, -0.15) is 0 Å². The molecule has 0 aromatic heterocycles. The van der Waals surface area contributed by atoms with E-state index in [-0.39, 0.29) is 6.10 Å². The van der Waals surface area contributed by atoms with E-state index in [1.807, 2.05) is 0 Å². The predicted octanol–water partition coefficient (Wildman–Crippen LogP) is 3.52. The summed E-state index contributed by atoms with van der Waals surface area (Å²) >= 11 is 0. The van der Waals surface area contributed by atoms with Crippen molar-refractivity contribution in [2.24, 2.45) is 0 Å². The summed E-state index contributed by atoms with van der Waals surface area (Å²) in [6.07, 6.45) is 10.3. The minimum atomic E-state index is -0.320. The zero-order valence-electron chi connectivity index (χ0n) is 10.5. The molecule has 2 nitrogen and oxygen atoms in total. The van der Waals surface area contributed by atoms with Crippen molar-refractivity contribution in [1.29, 1.82) is 0 Å². The Morgan fingerprint density at radius 3 is 2.00 bits per heavy atom. The molecule has 0 unspecified atom stereocenters. The molecular formula is C13H28O2. The van der Waals surface area contributed by atoms with E-state index in [0.717, 1.165) is 13.0 Å². The average Bonchev–Trinajstić information content (AvgIpc) is 2.20. The molecule has 1 atom stereocenters. The van der Waals surface area contributed by atoms with Gasteiger partial charge in [-0.25, -0.2) is 0 Å². The van der Waals surface area contributed by atoms with Crippen molar-refractivity contribution in [2.75, 3.05) is 13.2 Å². The standard InChI is InChI=1S/C13H28O2/c1-3-4-5-6-7-8-9-10-11-15-12-13(2)14/h13-14H,3-12H2,1-2H3/t13-/m0/s1. The van der Waals surface area contributed by atoms with E-state index in [1.165, 1.54) is 44.9 Å². The summed E-state index contributed by atoms with van der Waals surface area (Å²) < 4.78 is 5.29. The first-order chi connectivity index (χ1) is 7.27. The van der Waals surface area contributed by atoms with Crippen molar-refractivity contribution in [1.82, 2.24) is 0 Å². The first kappa shape index (κ1) is 14.9. The zero-order valence-corrected chi connectivity index (χ0v) is 10.5. The molecule has 0 rings (SSSR count). The van der Waals surface area contributed by atoms with Crippen LogP contribution in [0.2, 0.25) is 0 Å². The van der Waals surface area contributed by atoms with Crippen LogP contribution >= 0.6 is 0 Å². The van der Waals surface area contributed by atoms with Gasteiger partial charge in [0.05, 0.1) is 12.7 Å². The molecule has 15 heavy (non-hydrogen) atoms. The van der Waals surface area contributed by atoms with Crippen LogP contribution in [0.3, 0.4) is 0 Å². The first-order valence-corrected chi connectivity index (χ1v) is 6.53. The van der Waals surface area contributed by atoms with E-state index in [4.69, 9.17) is 9.84 Å². The Morgan fingerprint density at radius 1 is 0.933 bits per heavy atom. The highest BCUT2D eigenvalue weighted by molar-refractivity contribution is 4.46. The summed E-state index contributed by atoms with van der Waals surface area (Å²) in [4.78, 5) is 0. The Balaban J connectivity index is 2.87. The Kier molecular flexibility index (Phi) is 11.9. The minimum absolute atomic E-state index is 0.320. The normalized spacial score (nSPS) is 13.0. The molecular weight excluding hydrogens is 188 g/mol.